The lowest BCUT2D eigenvalue weighted by Gasteiger charge is -2.31. The molecule has 0 heterocycles. The Kier molecular flexibility index (Phi) is 3.53. The van der Waals surface area contributed by atoms with E-state index in [4.69, 9.17) is 5.11 Å². The summed E-state index contributed by atoms with van der Waals surface area (Å²) in [4.78, 5) is 10.2. The average Bonchev–Trinajstić information content (AvgIpc) is 2.25. The van der Waals surface area contributed by atoms with Gasteiger partial charge in [0.15, 0.2) is 9.84 Å². The lowest BCUT2D eigenvalue weighted by molar-refractivity contribution is -0.144. The number of carbonyl (C=O) groups is 1. The number of aliphatic carboxylic acids is 1. The van der Waals surface area contributed by atoms with Crippen LogP contribution in [-0.2, 0) is 20.8 Å². The van der Waals surface area contributed by atoms with Crippen molar-refractivity contribution in [1.29, 1.82) is 0 Å². The Hall–Kier alpha value is -1.57. The summed E-state index contributed by atoms with van der Waals surface area (Å²) in [5.74, 6) is -1.82. The first-order valence-electron chi connectivity index (χ1n) is 5.76. The molecule has 110 valence electrons. The van der Waals surface area contributed by atoms with Gasteiger partial charge in [0.05, 0.1) is 21.6 Å². The fraction of sp³-hybridized carbons (Fsp3) is 0.417. The van der Waals surface area contributed by atoms with Crippen LogP contribution < -0.4 is 0 Å². The highest BCUT2D eigenvalue weighted by Crippen LogP contribution is 2.38. The van der Waals surface area contributed by atoms with Crippen molar-refractivity contribution in [3.8, 4) is 0 Å². The Morgan fingerprint density at radius 1 is 1.25 bits per heavy atom. The molecule has 0 radical (unpaired) electrons. The molecule has 8 heteroatoms. The third-order valence-electron chi connectivity index (χ3n) is 3.37. The Morgan fingerprint density at radius 3 is 2.35 bits per heavy atom. The number of hydrogen-bond acceptors (Lipinski definition) is 3. The summed E-state index contributed by atoms with van der Waals surface area (Å²) < 4.78 is 61.8. The molecule has 0 spiro atoms. The largest absolute Gasteiger partial charge is 0.481 e. The molecule has 1 aliphatic rings. The Labute approximate surface area is 113 Å². The van der Waals surface area contributed by atoms with Crippen LogP contribution in [0.25, 0.3) is 0 Å². The second-order valence-electron chi connectivity index (χ2n) is 4.70. The second kappa shape index (κ2) is 4.76. The zero-order valence-corrected chi connectivity index (χ0v) is 10.9. The van der Waals surface area contributed by atoms with E-state index in [1.54, 1.807) is 0 Å². The molecule has 0 amide bonds. The maximum Gasteiger partial charge on any atom is 0.416 e. The summed E-state index contributed by atoms with van der Waals surface area (Å²) >= 11 is 0. The van der Waals surface area contributed by atoms with Gasteiger partial charge in [0, 0.05) is 0 Å². The monoisotopic (exact) mass is 308 g/mol. The summed E-state index contributed by atoms with van der Waals surface area (Å²) in [6.07, 6.45) is -4.74. The molecule has 1 N–H and O–H groups in total. The molecule has 1 fully saturated rings. The molecule has 1 aromatic carbocycles. The molecule has 0 unspecified atom stereocenters. The number of carboxylic acid groups (broad SMARTS) is 1. The smallest absolute Gasteiger partial charge is 0.416 e. The molecule has 0 aliphatic heterocycles. The van der Waals surface area contributed by atoms with Crippen molar-refractivity contribution in [2.24, 2.45) is 5.92 Å². The molecule has 20 heavy (non-hydrogen) atoms. The van der Waals surface area contributed by atoms with Crippen LogP contribution in [-0.4, -0.2) is 24.7 Å². The Morgan fingerprint density at radius 2 is 1.85 bits per heavy atom. The predicted molar refractivity (Wildman–Crippen MR) is 62.8 cm³/mol. The van der Waals surface area contributed by atoms with Gasteiger partial charge in [-0.2, -0.15) is 13.2 Å². The van der Waals surface area contributed by atoms with Crippen molar-refractivity contribution in [3.05, 3.63) is 29.8 Å². The zero-order valence-electron chi connectivity index (χ0n) is 10.1. The quantitative estimate of drug-likeness (QED) is 0.930. The van der Waals surface area contributed by atoms with Crippen molar-refractivity contribution < 1.29 is 31.5 Å². The normalized spacial score (nSPS) is 23.1. The highest BCUT2D eigenvalue weighted by atomic mass is 32.2. The molecule has 2 rings (SSSR count). The van der Waals surface area contributed by atoms with Crippen LogP contribution in [0.5, 0.6) is 0 Å². The van der Waals surface area contributed by atoms with Crippen molar-refractivity contribution >= 4 is 15.8 Å². The van der Waals surface area contributed by atoms with Crippen LogP contribution in [0, 0.1) is 5.92 Å². The zero-order chi connectivity index (χ0) is 15.1. The maximum absolute atomic E-state index is 12.5. The molecule has 1 aromatic rings. The van der Waals surface area contributed by atoms with E-state index in [1.165, 1.54) is 0 Å². The number of alkyl halides is 3. The SMILES string of the molecule is O=C(O)[C@H]1C[C@@H](S(=O)(=O)c2cccc(C(F)(F)F)c2)C1. The minimum atomic E-state index is -4.62. The highest BCUT2D eigenvalue weighted by molar-refractivity contribution is 7.92. The van der Waals surface area contributed by atoms with Gasteiger partial charge >= 0.3 is 12.1 Å². The van der Waals surface area contributed by atoms with E-state index in [0.29, 0.717) is 6.07 Å². The lowest BCUT2D eigenvalue weighted by Crippen LogP contribution is -2.39. The summed E-state index contributed by atoms with van der Waals surface area (Å²) in [6, 6.07) is 3.50. The van der Waals surface area contributed by atoms with Gasteiger partial charge in [-0.1, -0.05) is 6.07 Å². The minimum Gasteiger partial charge on any atom is -0.481 e. The molecule has 4 nitrogen and oxygen atoms in total. The fourth-order valence-corrected chi connectivity index (χ4v) is 3.98. The van der Waals surface area contributed by atoms with Crippen LogP contribution in [0.4, 0.5) is 13.2 Å². The van der Waals surface area contributed by atoms with E-state index < -0.39 is 43.6 Å². The summed E-state index contributed by atoms with van der Waals surface area (Å²) in [5.41, 5.74) is -1.03. The lowest BCUT2D eigenvalue weighted by atomic mass is 9.85. The maximum atomic E-state index is 12.5. The summed E-state index contributed by atoms with van der Waals surface area (Å²) in [6.45, 7) is 0. The third-order valence-corrected chi connectivity index (χ3v) is 5.55. The van der Waals surface area contributed by atoms with E-state index in [2.05, 4.69) is 0 Å². The van der Waals surface area contributed by atoms with Gasteiger partial charge in [-0.05, 0) is 31.0 Å². The Bertz CT molecular complexity index is 630. The first-order valence-corrected chi connectivity index (χ1v) is 7.31. The molecule has 0 bridgehead atoms. The fourth-order valence-electron chi connectivity index (χ4n) is 2.06. The number of rotatable bonds is 3. The van der Waals surface area contributed by atoms with Gasteiger partial charge in [-0.25, -0.2) is 8.42 Å². The van der Waals surface area contributed by atoms with Crippen molar-refractivity contribution in [1.82, 2.24) is 0 Å². The van der Waals surface area contributed by atoms with Crippen LogP contribution in [0.15, 0.2) is 29.2 Å². The number of sulfone groups is 1. The standard InChI is InChI=1S/C12H11F3O4S/c13-12(14,15)8-2-1-3-9(6-8)20(18,19)10-4-7(5-10)11(16)17/h1-3,6-7,10H,4-5H2,(H,16,17)/t7-,10+. The van der Waals surface area contributed by atoms with Gasteiger partial charge in [0.2, 0.25) is 0 Å². The number of halogens is 3. The van der Waals surface area contributed by atoms with E-state index in [-0.39, 0.29) is 12.8 Å². The molecule has 0 aromatic heterocycles. The first-order chi connectivity index (χ1) is 9.12. The Balaban J connectivity index is 2.26. The second-order valence-corrected chi connectivity index (χ2v) is 6.93. The van der Waals surface area contributed by atoms with E-state index >= 15 is 0 Å². The van der Waals surface area contributed by atoms with Gasteiger partial charge in [-0.3, -0.25) is 4.79 Å². The summed E-state index contributed by atoms with van der Waals surface area (Å²) in [5, 5.41) is 7.77. The van der Waals surface area contributed by atoms with Crippen molar-refractivity contribution in [3.63, 3.8) is 0 Å². The van der Waals surface area contributed by atoms with E-state index in [1.807, 2.05) is 0 Å². The first kappa shape index (κ1) is 14.8. The molecule has 0 atom stereocenters. The van der Waals surface area contributed by atoms with E-state index in [0.717, 1.165) is 18.2 Å². The molecule has 1 saturated carbocycles. The molecular formula is C12H11F3O4S. The van der Waals surface area contributed by atoms with Gasteiger partial charge in [-0.15, -0.1) is 0 Å². The highest BCUT2D eigenvalue weighted by Gasteiger charge is 2.43. The van der Waals surface area contributed by atoms with Gasteiger partial charge < -0.3 is 5.11 Å². The number of carboxylic acids is 1. The van der Waals surface area contributed by atoms with E-state index in [9.17, 15) is 26.4 Å². The molecule has 0 saturated heterocycles. The van der Waals surface area contributed by atoms with Crippen molar-refractivity contribution in [2.75, 3.05) is 0 Å². The summed E-state index contributed by atoms with van der Waals surface area (Å²) in [7, 11) is -3.91. The number of hydrogen-bond donors (Lipinski definition) is 1. The van der Waals surface area contributed by atoms with Gasteiger partial charge in [0.1, 0.15) is 0 Å². The average molecular weight is 308 g/mol. The van der Waals surface area contributed by atoms with Crippen LogP contribution in [0.1, 0.15) is 18.4 Å². The van der Waals surface area contributed by atoms with Crippen LogP contribution in [0.3, 0.4) is 0 Å². The predicted octanol–water partition coefficient (Wildman–Crippen LogP) is 2.34. The van der Waals surface area contributed by atoms with Crippen LogP contribution in [0.2, 0.25) is 0 Å². The van der Waals surface area contributed by atoms with Crippen LogP contribution >= 0.6 is 0 Å². The van der Waals surface area contributed by atoms with Gasteiger partial charge in [0.25, 0.3) is 0 Å². The molecular weight excluding hydrogens is 297 g/mol. The number of benzene rings is 1. The molecule has 1 aliphatic carbocycles. The topological polar surface area (TPSA) is 71.4 Å². The minimum absolute atomic E-state index is 0.0616. The van der Waals surface area contributed by atoms with Crippen molar-refractivity contribution in [2.45, 2.75) is 29.2 Å². The third kappa shape index (κ3) is 2.65.